The summed E-state index contributed by atoms with van der Waals surface area (Å²) in [5, 5.41) is 2.90. The van der Waals surface area contributed by atoms with Crippen molar-refractivity contribution < 1.29 is 4.79 Å². The third kappa shape index (κ3) is 4.88. The second-order valence-electron chi connectivity index (χ2n) is 5.62. The van der Waals surface area contributed by atoms with E-state index in [1.165, 1.54) is 5.56 Å². The van der Waals surface area contributed by atoms with E-state index < -0.39 is 0 Å². The lowest BCUT2D eigenvalue weighted by Gasteiger charge is -2.19. The molecule has 18 heavy (non-hydrogen) atoms. The molecule has 1 aromatic rings. The molecule has 0 fully saturated rings. The van der Waals surface area contributed by atoms with Gasteiger partial charge in [-0.25, -0.2) is 0 Å². The van der Waals surface area contributed by atoms with Crippen LogP contribution in [0.4, 0.5) is 5.69 Å². The third-order valence-corrected chi connectivity index (χ3v) is 2.89. The predicted molar refractivity (Wildman–Crippen MR) is 76.7 cm³/mol. The van der Waals surface area contributed by atoms with Crippen LogP contribution < -0.4 is 11.1 Å². The summed E-state index contributed by atoms with van der Waals surface area (Å²) in [6.07, 6.45) is 2.29. The van der Waals surface area contributed by atoms with E-state index in [-0.39, 0.29) is 11.3 Å². The van der Waals surface area contributed by atoms with Crippen molar-refractivity contribution >= 4 is 11.6 Å². The number of carbonyl (C=O) groups excluding carboxylic acids is 1. The van der Waals surface area contributed by atoms with Gasteiger partial charge in [0.05, 0.1) is 0 Å². The maximum absolute atomic E-state index is 11.6. The Balaban J connectivity index is 2.51. The molecule has 100 valence electrons. The second kappa shape index (κ2) is 6.55. The molecule has 0 aliphatic heterocycles. The van der Waals surface area contributed by atoms with Crippen LogP contribution in [0.5, 0.6) is 0 Å². The first-order chi connectivity index (χ1) is 8.43. The minimum absolute atomic E-state index is 0.0620. The zero-order valence-electron chi connectivity index (χ0n) is 11.6. The summed E-state index contributed by atoms with van der Waals surface area (Å²) in [6.45, 7) is 7.17. The van der Waals surface area contributed by atoms with Crippen LogP contribution in [0.25, 0.3) is 0 Å². The van der Waals surface area contributed by atoms with Gasteiger partial charge in [0.2, 0.25) is 5.91 Å². The third-order valence-electron chi connectivity index (χ3n) is 2.89. The van der Waals surface area contributed by atoms with Crippen LogP contribution in [0.2, 0.25) is 0 Å². The average Bonchev–Trinajstić information content (AvgIpc) is 2.29. The summed E-state index contributed by atoms with van der Waals surface area (Å²) >= 11 is 0. The van der Waals surface area contributed by atoms with Gasteiger partial charge < -0.3 is 11.1 Å². The maximum Gasteiger partial charge on any atom is 0.224 e. The molecule has 0 aromatic heterocycles. The standard InChI is InChI=1S/C15H24N2O/c1-15(2,3)12-7-9-13(10-8-12)17-14(18)6-4-5-11-16/h7-10H,4-6,11,16H2,1-3H3,(H,17,18). The number of hydrogen-bond acceptors (Lipinski definition) is 2. The summed E-state index contributed by atoms with van der Waals surface area (Å²) in [4.78, 5) is 11.6. The molecule has 1 amide bonds. The van der Waals surface area contributed by atoms with E-state index in [0.29, 0.717) is 13.0 Å². The molecule has 0 radical (unpaired) electrons. The van der Waals surface area contributed by atoms with Crippen molar-refractivity contribution in [1.29, 1.82) is 0 Å². The molecule has 0 unspecified atom stereocenters. The van der Waals surface area contributed by atoms with Crippen LogP contribution in [-0.4, -0.2) is 12.5 Å². The summed E-state index contributed by atoms with van der Waals surface area (Å²) in [6, 6.07) is 8.05. The average molecular weight is 248 g/mol. The van der Waals surface area contributed by atoms with E-state index >= 15 is 0 Å². The zero-order valence-corrected chi connectivity index (χ0v) is 11.6. The summed E-state index contributed by atoms with van der Waals surface area (Å²) in [5.74, 6) is 0.0620. The second-order valence-corrected chi connectivity index (χ2v) is 5.62. The van der Waals surface area contributed by atoms with Crippen LogP contribution in [0, 0.1) is 0 Å². The highest BCUT2D eigenvalue weighted by Crippen LogP contribution is 2.23. The van der Waals surface area contributed by atoms with Crippen molar-refractivity contribution in [2.45, 2.75) is 45.4 Å². The van der Waals surface area contributed by atoms with E-state index in [1.54, 1.807) is 0 Å². The van der Waals surface area contributed by atoms with E-state index in [4.69, 9.17) is 5.73 Å². The minimum Gasteiger partial charge on any atom is -0.330 e. The Morgan fingerprint density at radius 3 is 2.28 bits per heavy atom. The van der Waals surface area contributed by atoms with E-state index in [2.05, 4.69) is 38.2 Å². The number of nitrogens with two attached hydrogens (primary N) is 1. The van der Waals surface area contributed by atoms with Gasteiger partial charge in [-0.3, -0.25) is 4.79 Å². The van der Waals surface area contributed by atoms with Crippen molar-refractivity contribution in [3.05, 3.63) is 29.8 Å². The smallest absolute Gasteiger partial charge is 0.224 e. The van der Waals surface area contributed by atoms with Crippen molar-refractivity contribution in [1.82, 2.24) is 0 Å². The van der Waals surface area contributed by atoms with E-state index in [1.807, 2.05) is 12.1 Å². The number of anilines is 1. The Kier molecular flexibility index (Phi) is 5.35. The lowest BCUT2D eigenvalue weighted by Crippen LogP contribution is -2.13. The molecule has 1 rings (SSSR count). The van der Waals surface area contributed by atoms with Gasteiger partial charge in [-0.1, -0.05) is 32.9 Å². The molecule has 0 heterocycles. The molecule has 3 heteroatoms. The number of rotatable bonds is 5. The molecule has 0 spiro atoms. The lowest BCUT2D eigenvalue weighted by molar-refractivity contribution is -0.116. The minimum atomic E-state index is 0.0620. The van der Waals surface area contributed by atoms with Crippen LogP contribution in [0.15, 0.2) is 24.3 Å². The SMILES string of the molecule is CC(C)(C)c1ccc(NC(=O)CCCCN)cc1. The van der Waals surface area contributed by atoms with Gasteiger partial charge in [0.25, 0.3) is 0 Å². The fourth-order valence-electron chi connectivity index (χ4n) is 1.71. The van der Waals surface area contributed by atoms with E-state index in [0.717, 1.165) is 18.5 Å². The number of benzene rings is 1. The summed E-state index contributed by atoms with van der Waals surface area (Å²) in [7, 11) is 0. The molecular weight excluding hydrogens is 224 g/mol. The Hall–Kier alpha value is -1.35. The van der Waals surface area contributed by atoms with Gasteiger partial charge in [0.1, 0.15) is 0 Å². The first kappa shape index (κ1) is 14.7. The lowest BCUT2D eigenvalue weighted by atomic mass is 9.87. The Labute approximate surface area is 110 Å². The highest BCUT2D eigenvalue weighted by atomic mass is 16.1. The van der Waals surface area contributed by atoms with Gasteiger partial charge in [-0.2, -0.15) is 0 Å². The van der Waals surface area contributed by atoms with Gasteiger partial charge in [-0.05, 0) is 42.5 Å². The number of unbranched alkanes of at least 4 members (excludes halogenated alkanes) is 1. The first-order valence-corrected chi connectivity index (χ1v) is 6.54. The van der Waals surface area contributed by atoms with Crippen LogP contribution in [-0.2, 0) is 10.2 Å². The molecule has 3 N–H and O–H groups in total. The maximum atomic E-state index is 11.6. The molecule has 0 aliphatic rings. The molecule has 0 saturated carbocycles. The molecule has 0 aliphatic carbocycles. The van der Waals surface area contributed by atoms with Crippen molar-refractivity contribution in [3.8, 4) is 0 Å². The number of carbonyl (C=O) groups is 1. The highest BCUT2D eigenvalue weighted by Gasteiger charge is 2.13. The number of nitrogens with one attached hydrogen (secondary N) is 1. The quantitative estimate of drug-likeness (QED) is 0.787. The highest BCUT2D eigenvalue weighted by molar-refractivity contribution is 5.90. The Bertz CT molecular complexity index is 376. The van der Waals surface area contributed by atoms with Gasteiger partial charge >= 0.3 is 0 Å². The molecule has 3 nitrogen and oxygen atoms in total. The molecule has 0 bridgehead atoms. The Morgan fingerprint density at radius 1 is 1.17 bits per heavy atom. The molecular formula is C15H24N2O. The fourth-order valence-corrected chi connectivity index (χ4v) is 1.71. The Morgan fingerprint density at radius 2 is 1.78 bits per heavy atom. The van der Waals surface area contributed by atoms with Crippen LogP contribution in [0.1, 0.15) is 45.6 Å². The van der Waals surface area contributed by atoms with Crippen LogP contribution in [0.3, 0.4) is 0 Å². The monoisotopic (exact) mass is 248 g/mol. The summed E-state index contributed by atoms with van der Waals surface area (Å²) in [5.41, 5.74) is 7.66. The molecule has 1 aromatic carbocycles. The van der Waals surface area contributed by atoms with Gasteiger partial charge in [0, 0.05) is 12.1 Å². The predicted octanol–water partition coefficient (Wildman–Crippen LogP) is 3.05. The molecule has 0 saturated heterocycles. The summed E-state index contributed by atoms with van der Waals surface area (Å²) < 4.78 is 0. The molecule has 0 atom stereocenters. The van der Waals surface area contributed by atoms with Crippen molar-refractivity contribution in [2.75, 3.05) is 11.9 Å². The van der Waals surface area contributed by atoms with Crippen molar-refractivity contribution in [3.63, 3.8) is 0 Å². The normalized spacial score (nSPS) is 11.3. The largest absolute Gasteiger partial charge is 0.330 e. The first-order valence-electron chi connectivity index (χ1n) is 6.54. The zero-order chi connectivity index (χ0) is 13.6. The number of hydrogen-bond donors (Lipinski definition) is 2. The van der Waals surface area contributed by atoms with Crippen LogP contribution >= 0.6 is 0 Å². The number of amides is 1. The van der Waals surface area contributed by atoms with Gasteiger partial charge in [-0.15, -0.1) is 0 Å². The van der Waals surface area contributed by atoms with E-state index in [9.17, 15) is 4.79 Å². The van der Waals surface area contributed by atoms with Gasteiger partial charge in [0.15, 0.2) is 0 Å². The topological polar surface area (TPSA) is 55.1 Å². The fraction of sp³-hybridized carbons (Fsp3) is 0.533. The van der Waals surface area contributed by atoms with Crippen molar-refractivity contribution in [2.24, 2.45) is 5.73 Å².